The molecule has 0 atom stereocenters. The lowest BCUT2D eigenvalue weighted by molar-refractivity contribution is -0.114. The van der Waals surface area contributed by atoms with Crippen molar-refractivity contribution in [2.75, 3.05) is 25.5 Å². The van der Waals surface area contributed by atoms with Crippen LogP contribution in [0.15, 0.2) is 53.5 Å². The van der Waals surface area contributed by atoms with Gasteiger partial charge in [-0.25, -0.2) is 0 Å². The highest BCUT2D eigenvalue weighted by atomic mass is 127. The van der Waals surface area contributed by atoms with Crippen molar-refractivity contribution in [3.05, 3.63) is 65.2 Å². The van der Waals surface area contributed by atoms with Crippen molar-refractivity contribution in [2.45, 2.75) is 45.8 Å². The van der Waals surface area contributed by atoms with E-state index in [0.29, 0.717) is 6.54 Å². The predicted molar refractivity (Wildman–Crippen MR) is 139 cm³/mol. The highest BCUT2D eigenvalue weighted by Crippen LogP contribution is 2.14. The van der Waals surface area contributed by atoms with Crippen molar-refractivity contribution in [1.82, 2.24) is 15.5 Å². The molecule has 31 heavy (non-hydrogen) atoms. The summed E-state index contributed by atoms with van der Waals surface area (Å²) >= 11 is 0. The topological polar surface area (TPSA) is 68.8 Å². The van der Waals surface area contributed by atoms with Gasteiger partial charge in [0.15, 0.2) is 5.96 Å². The van der Waals surface area contributed by atoms with E-state index in [9.17, 15) is 4.79 Å². The van der Waals surface area contributed by atoms with E-state index in [4.69, 9.17) is 0 Å². The molecule has 1 fully saturated rings. The Labute approximate surface area is 202 Å². The molecule has 1 amide bonds. The van der Waals surface area contributed by atoms with Crippen molar-refractivity contribution in [2.24, 2.45) is 4.99 Å². The van der Waals surface area contributed by atoms with Crippen molar-refractivity contribution < 1.29 is 4.79 Å². The van der Waals surface area contributed by atoms with Gasteiger partial charge in [-0.15, -0.1) is 24.0 Å². The molecule has 7 heteroatoms. The number of piperidine rings is 1. The molecule has 168 valence electrons. The van der Waals surface area contributed by atoms with E-state index in [1.807, 2.05) is 24.3 Å². The molecule has 0 aliphatic carbocycles. The van der Waals surface area contributed by atoms with Gasteiger partial charge in [-0.1, -0.05) is 42.8 Å². The molecule has 0 bridgehead atoms. The number of guanidine groups is 1. The summed E-state index contributed by atoms with van der Waals surface area (Å²) in [6, 6.07) is 16.6. The van der Waals surface area contributed by atoms with Gasteiger partial charge in [0.2, 0.25) is 5.91 Å². The molecule has 0 spiro atoms. The minimum atomic E-state index is -0.0699. The first-order chi connectivity index (χ1) is 14.6. The minimum absolute atomic E-state index is 0. The molecular formula is C24H34IN5O. The van der Waals surface area contributed by atoms with Crippen LogP contribution in [0.5, 0.6) is 0 Å². The number of carbonyl (C=O) groups excluding carboxylic acids is 1. The van der Waals surface area contributed by atoms with Gasteiger partial charge in [0.1, 0.15) is 0 Å². The average molecular weight is 535 g/mol. The lowest BCUT2D eigenvalue weighted by Crippen LogP contribution is -2.36. The Hall–Kier alpha value is -2.13. The third-order valence-corrected chi connectivity index (χ3v) is 5.27. The van der Waals surface area contributed by atoms with Crippen LogP contribution in [0, 0.1) is 0 Å². The van der Waals surface area contributed by atoms with Gasteiger partial charge in [0, 0.05) is 39.3 Å². The number of nitrogens with zero attached hydrogens (tertiary/aromatic N) is 2. The van der Waals surface area contributed by atoms with Crippen LogP contribution < -0.4 is 16.0 Å². The summed E-state index contributed by atoms with van der Waals surface area (Å²) < 4.78 is 0. The summed E-state index contributed by atoms with van der Waals surface area (Å²) in [6.45, 7) is 6.35. The summed E-state index contributed by atoms with van der Waals surface area (Å²) in [4.78, 5) is 18.1. The zero-order valence-corrected chi connectivity index (χ0v) is 20.8. The number of anilines is 1. The van der Waals surface area contributed by atoms with Gasteiger partial charge in [0.25, 0.3) is 0 Å². The minimum Gasteiger partial charge on any atom is -0.352 e. The Balaban J connectivity index is 0.00000341. The molecule has 0 radical (unpaired) electrons. The number of hydrogen-bond acceptors (Lipinski definition) is 3. The second-order valence-electron chi connectivity index (χ2n) is 7.81. The summed E-state index contributed by atoms with van der Waals surface area (Å²) in [6.07, 6.45) is 4.02. The van der Waals surface area contributed by atoms with Crippen LogP contribution in [0.3, 0.4) is 0 Å². The number of rotatable bonds is 7. The fraction of sp³-hybridized carbons (Fsp3) is 0.417. The SMILES string of the molecule is CN=C(NCc1ccc(CN2CCCCC2)cc1)NCc1cccc(NC(C)=O)c1.I. The second-order valence-corrected chi connectivity index (χ2v) is 7.81. The van der Waals surface area contributed by atoms with Crippen LogP contribution in [0.1, 0.15) is 42.9 Å². The summed E-state index contributed by atoms with van der Waals surface area (Å²) in [5.41, 5.74) is 4.48. The van der Waals surface area contributed by atoms with Crippen LogP contribution in [0.2, 0.25) is 0 Å². The van der Waals surface area contributed by atoms with Crippen LogP contribution in [-0.2, 0) is 24.4 Å². The molecular weight excluding hydrogens is 501 g/mol. The number of halogens is 1. The van der Waals surface area contributed by atoms with Gasteiger partial charge in [-0.2, -0.15) is 0 Å². The Morgan fingerprint density at radius 2 is 1.58 bits per heavy atom. The maximum atomic E-state index is 11.2. The zero-order chi connectivity index (χ0) is 21.2. The van der Waals surface area contributed by atoms with Crippen molar-refractivity contribution in [1.29, 1.82) is 0 Å². The molecule has 0 saturated carbocycles. The molecule has 3 rings (SSSR count). The van der Waals surface area contributed by atoms with Gasteiger partial charge < -0.3 is 16.0 Å². The molecule has 2 aromatic carbocycles. The third-order valence-electron chi connectivity index (χ3n) is 5.27. The highest BCUT2D eigenvalue weighted by Gasteiger charge is 2.10. The Morgan fingerprint density at radius 3 is 2.23 bits per heavy atom. The molecule has 2 aromatic rings. The van der Waals surface area contributed by atoms with Crippen LogP contribution in [0.4, 0.5) is 5.69 Å². The summed E-state index contributed by atoms with van der Waals surface area (Å²) in [5, 5.41) is 9.49. The molecule has 1 heterocycles. The second kappa shape index (κ2) is 13.3. The number of likely N-dealkylation sites (tertiary alicyclic amines) is 1. The first-order valence-electron chi connectivity index (χ1n) is 10.7. The van der Waals surface area contributed by atoms with E-state index in [1.54, 1.807) is 7.05 Å². The maximum Gasteiger partial charge on any atom is 0.221 e. The lowest BCUT2D eigenvalue weighted by Gasteiger charge is -2.26. The molecule has 1 saturated heterocycles. The Morgan fingerprint density at radius 1 is 0.935 bits per heavy atom. The molecule has 1 aliphatic rings. The van der Waals surface area contributed by atoms with E-state index in [1.165, 1.54) is 50.4 Å². The van der Waals surface area contributed by atoms with E-state index in [0.717, 1.165) is 30.3 Å². The van der Waals surface area contributed by atoms with Gasteiger partial charge >= 0.3 is 0 Å². The quantitative estimate of drug-likeness (QED) is 0.284. The largest absolute Gasteiger partial charge is 0.352 e. The lowest BCUT2D eigenvalue weighted by atomic mass is 10.1. The molecule has 1 aliphatic heterocycles. The Bertz CT molecular complexity index is 847. The predicted octanol–water partition coefficient (Wildman–Crippen LogP) is 4.11. The van der Waals surface area contributed by atoms with E-state index < -0.39 is 0 Å². The molecule has 3 N–H and O–H groups in total. The van der Waals surface area contributed by atoms with Gasteiger partial charge in [-0.05, 0) is 54.8 Å². The number of aliphatic imine (C=N–C) groups is 1. The maximum absolute atomic E-state index is 11.2. The van der Waals surface area contributed by atoms with E-state index >= 15 is 0 Å². The van der Waals surface area contributed by atoms with Gasteiger partial charge in [0.05, 0.1) is 0 Å². The fourth-order valence-electron chi connectivity index (χ4n) is 3.69. The van der Waals surface area contributed by atoms with E-state index in [-0.39, 0.29) is 29.9 Å². The fourth-order valence-corrected chi connectivity index (χ4v) is 3.69. The van der Waals surface area contributed by atoms with Crippen LogP contribution in [-0.4, -0.2) is 36.9 Å². The molecule has 6 nitrogen and oxygen atoms in total. The summed E-state index contributed by atoms with van der Waals surface area (Å²) in [7, 11) is 1.77. The summed E-state index contributed by atoms with van der Waals surface area (Å²) in [5.74, 6) is 0.678. The average Bonchev–Trinajstić information content (AvgIpc) is 2.75. The molecule has 0 aromatic heterocycles. The van der Waals surface area contributed by atoms with Crippen molar-refractivity contribution in [3.8, 4) is 0 Å². The first-order valence-corrected chi connectivity index (χ1v) is 10.7. The van der Waals surface area contributed by atoms with E-state index in [2.05, 4.69) is 50.1 Å². The highest BCUT2D eigenvalue weighted by molar-refractivity contribution is 14.0. The first kappa shape index (κ1) is 25.1. The number of nitrogens with one attached hydrogen (secondary N) is 3. The zero-order valence-electron chi connectivity index (χ0n) is 18.5. The monoisotopic (exact) mass is 535 g/mol. The smallest absolute Gasteiger partial charge is 0.221 e. The van der Waals surface area contributed by atoms with Crippen LogP contribution >= 0.6 is 24.0 Å². The number of carbonyl (C=O) groups is 1. The normalized spacial score (nSPS) is 14.5. The van der Waals surface area contributed by atoms with Crippen molar-refractivity contribution >= 4 is 41.5 Å². The van der Waals surface area contributed by atoms with Crippen LogP contribution in [0.25, 0.3) is 0 Å². The number of benzene rings is 2. The van der Waals surface area contributed by atoms with Crippen molar-refractivity contribution in [3.63, 3.8) is 0 Å². The number of amides is 1. The molecule has 0 unspecified atom stereocenters. The Kier molecular flexibility index (Phi) is 10.8. The number of hydrogen-bond donors (Lipinski definition) is 3. The third kappa shape index (κ3) is 8.86. The van der Waals surface area contributed by atoms with Gasteiger partial charge in [-0.3, -0.25) is 14.7 Å². The standard InChI is InChI=1S/C24H33N5O.HI/c1-19(30)28-23-8-6-7-22(15-23)17-27-24(25-2)26-16-20-9-11-21(12-10-20)18-29-13-4-3-5-14-29;/h6-12,15H,3-5,13-14,16-18H2,1-2H3,(H,28,30)(H2,25,26,27);1H.